The Balaban J connectivity index is 2.82. The van der Waals surface area contributed by atoms with E-state index in [4.69, 9.17) is 5.11 Å². The Bertz CT molecular complexity index is 326. The molecule has 0 aliphatic rings. The number of rotatable bonds is 3. The third kappa shape index (κ3) is 2.67. The zero-order valence-electron chi connectivity index (χ0n) is 8.14. The summed E-state index contributed by atoms with van der Waals surface area (Å²) in [6, 6.07) is 2.22. The first-order valence-corrected chi connectivity index (χ1v) is 4.38. The van der Waals surface area contributed by atoms with Crippen LogP contribution in [0.2, 0.25) is 0 Å². The standard InChI is InChI=1S/C10H13F2NO/c1-6-3-9(12)10(4-8(6)11)13-5-7(2)14/h3-4,7,13-14H,5H2,1-2H3. The molecule has 1 rings (SSSR count). The van der Waals surface area contributed by atoms with E-state index >= 15 is 0 Å². The maximum Gasteiger partial charge on any atom is 0.146 e. The van der Waals surface area contributed by atoms with Gasteiger partial charge in [0.25, 0.3) is 0 Å². The van der Waals surface area contributed by atoms with Crippen molar-refractivity contribution in [1.29, 1.82) is 0 Å². The Labute approximate surface area is 81.6 Å². The van der Waals surface area contributed by atoms with Crippen molar-refractivity contribution in [2.24, 2.45) is 0 Å². The van der Waals surface area contributed by atoms with Crippen LogP contribution in [-0.4, -0.2) is 17.8 Å². The lowest BCUT2D eigenvalue weighted by Crippen LogP contribution is -2.16. The normalized spacial score (nSPS) is 12.6. The summed E-state index contributed by atoms with van der Waals surface area (Å²) in [5.41, 5.74) is 0.346. The van der Waals surface area contributed by atoms with E-state index in [0.29, 0.717) is 0 Å². The highest BCUT2D eigenvalue weighted by Gasteiger charge is 2.07. The van der Waals surface area contributed by atoms with E-state index in [1.807, 2.05) is 0 Å². The molecule has 1 aromatic rings. The van der Waals surface area contributed by atoms with Crippen molar-refractivity contribution in [2.75, 3.05) is 11.9 Å². The van der Waals surface area contributed by atoms with Gasteiger partial charge in [-0.05, 0) is 25.5 Å². The van der Waals surface area contributed by atoms with Crippen LogP contribution < -0.4 is 5.32 Å². The molecule has 4 heteroatoms. The minimum Gasteiger partial charge on any atom is -0.392 e. The van der Waals surface area contributed by atoms with Crippen molar-refractivity contribution in [3.63, 3.8) is 0 Å². The molecule has 0 fully saturated rings. The molecule has 78 valence electrons. The second-order valence-electron chi connectivity index (χ2n) is 3.31. The van der Waals surface area contributed by atoms with Gasteiger partial charge in [-0.15, -0.1) is 0 Å². The Kier molecular flexibility index (Phi) is 3.41. The van der Waals surface area contributed by atoms with Crippen LogP contribution in [0.15, 0.2) is 12.1 Å². The summed E-state index contributed by atoms with van der Waals surface area (Å²) < 4.78 is 26.2. The quantitative estimate of drug-likeness (QED) is 0.784. The highest BCUT2D eigenvalue weighted by atomic mass is 19.1. The molecule has 1 unspecified atom stereocenters. The molecule has 14 heavy (non-hydrogen) atoms. The van der Waals surface area contributed by atoms with Crippen LogP contribution >= 0.6 is 0 Å². The number of benzene rings is 1. The third-order valence-corrected chi connectivity index (χ3v) is 1.84. The van der Waals surface area contributed by atoms with Crippen molar-refractivity contribution >= 4 is 5.69 Å². The molecule has 0 spiro atoms. The molecular weight excluding hydrogens is 188 g/mol. The average Bonchev–Trinajstić information content (AvgIpc) is 2.09. The molecule has 1 atom stereocenters. The highest BCUT2D eigenvalue weighted by Crippen LogP contribution is 2.18. The molecule has 0 aromatic heterocycles. The fraction of sp³-hybridized carbons (Fsp3) is 0.400. The lowest BCUT2D eigenvalue weighted by Gasteiger charge is -2.10. The molecule has 0 heterocycles. The average molecular weight is 201 g/mol. The highest BCUT2D eigenvalue weighted by molar-refractivity contribution is 5.46. The summed E-state index contributed by atoms with van der Waals surface area (Å²) >= 11 is 0. The van der Waals surface area contributed by atoms with Crippen molar-refractivity contribution in [2.45, 2.75) is 20.0 Å². The molecule has 0 amide bonds. The van der Waals surface area contributed by atoms with Gasteiger partial charge in [-0.3, -0.25) is 0 Å². The lowest BCUT2D eigenvalue weighted by atomic mass is 10.2. The number of aliphatic hydroxyl groups is 1. The predicted octanol–water partition coefficient (Wildman–Crippen LogP) is 2.07. The van der Waals surface area contributed by atoms with Gasteiger partial charge in [-0.2, -0.15) is 0 Å². The van der Waals surface area contributed by atoms with Crippen LogP contribution in [0.1, 0.15) is 12.5 Å². The Hall–Kier alpha value is -1.16. The van der Waals surface area contributed by atoms with E-state index < -0.39 is 17.7 Å². The minimum absolute atomic E-state index is 0.0778. The summed E-state index contributed by atoms with van der Waals surface area (Å²) in [6.45, 7) is 3.26. The van der Waals surface area contributed by atoms with Crippen LogP contribution in [-0.2, 0) is 0 Å². The fourth-order valence-corrected chi connectivity index (χ4v) is 1.04. The lowest BCUT2D eigenvalue weighted by molar-refractivity contribution is 0.208. The summed E-state index contributed by atoms with van der Waals surface area (Å²) in [5.74, 6) is -0.968. The molecule has 2 N–H and O–H groups in total. The number of anilines is 1. The van der Waals surface area contributed by atoms with Gasteiger partial charge in [0, 0.05) is 12.6 Å². The Morgan fingerprint density at radius 1 is 1.36 bits per heavy atom. The molecule has 2 nitrogen and oxygen atoms in total. The Morgan fingerprint density at radius 3 is 2.57 bits per heavy atom. The number of hydrogen-bond donors (Lipinski definition) is 2. The largest absolute Gasteiger partial charge is 0.392 e. The van der Waals surface area contributed by atoms with E-state index in [1.165, 1.54) is 6.92 Å². The predicted molar refractivity (Wildman–Crippen MR) is 51.3 cm³/mol. The van der Waals surface area contributed by atoms with Gasteiger partial charge in [0.15, 0.2) is 0 Å². The maximum atomic E-state index is 13.2. The third-order valence-electron chi connectivity index (χ3n) is 1.84. The molecule has 0 saturated carbocycles. The fourth-order valence-electron chi connectivity index (χ4n) is 1.04. The van der Waals surface area contributed by atoms with E-state index in [9.17, 15) is 8.78 Å². The summed E-state index contributed by atoms with van der Waals surface area (Å²) in [5, 5.41) is 11.6. The van der Waals surface area contributed by atoms with Crippen LogP contribution in [0.5, 0.6) is 0 Å². The van der Waals surface area contributed by atoms with E-state index in [0.717, 1.165) is 12.1 Å². The van der Waals surface area contributed by atoms with E-state index in [2.05, 4.69) is 5.32 Å². The van der Waals surface area contributed by atoms with Crippen molar-refractivity contribution in [3.8, 4) is 0 Å². The van der Waals surface area contributed by atoms with Gasteiger partial charge in [-0.25, -0.2) is 8.78 Å². The molecule has 0 aliphatic carbocycles. The number of hydrogen-bond acceptors (Lipinski definition) is 2. The molecule has 0 aliphatic heterocycles. The number of aliphatic hydroxyl groups excluding tert-OH is 1. The van der Waals surface area contributed by atoms with Crippen LogP contribution in [0.4, 0.5) is 14.5 Å². The smallest absolute Gasteiger partial charge is 0.146 e. The first kappa shape index (κ1) is 10.9. The molecule has 0 bridgehead atoms. The first-order valence-electron chi connectivity index (χ1n) is 4.38. The molecule has 1 aromatic carbocycles. The Morgan fingerprint density at radius 2 is 2.00 bits per heavy atom. The SMILES string of the molecule is Cc1cc(F)c(NCC(C)O)cc1F. The molecular formula is C10H13F2NO. The summed E-state index contributed by atoms with van der Waals surface area (Å²) in [4.78, 5) is 0. The van der Waals surface area contributed by atoms with Crippen molar-refractivity contribution in [1.82, 2.24) is 0 Å². The first-order chi connectivity index (χ1) is 6.50. The topological polar surface area (TPSA) is 32.3 Å². The van der Waals surface area contributed by atoms with Gasteiger partial charge in [-0.1, -0.05) is 0 Å². The summed E-state index contributed by atoms with van der Waals surface area (Å²) in [6.07, 6.45) is -0.598. The van der Waals surface area contributed by atoms with Crippen LogP contribution in [0.3, 0.4) is 0 Å². The van der Waals surface area contributed by atoms with Gasteiger partial charge in [0.1, 0.15) is 11.6 Å². The number of halogens is 2. The maximum absolute atomic E-state index is 13.2. The molecule has 0 saturated heterocycles. The second kappa shape index (κ2) is 4.37. The zero-order chi connectivity index (χ0) is 10.7. The monoisotopic (exact) mass is 201 g/mol. The van der Waals surface area contributed by atoms with E-state index in [1.54, 1.807) is 6.92 Å². The second-order valence-corrected chi connectivity index (χ2v) is 3.31. The number of aryl methyl sites for hydroxylation is 1. The van der Waals surface area contributed by atoms with Crippen molar-refractivity contribution < 1.29 is 13.9 Å². The summed E-state index contributed by atoms with van der Waals surface area (Å²) in [7, 11) is 0. The molecule has 0 radical (unpaired) electrons. The zero-order valence-corrected chi connectivity index (χ0v) is 8.14. The van der Waals surface area contributed by atoms with Crippen LogP contribution in [0, 0.1) is 18.6 Å². The van der Waals surface area contributed by atoms with Crippen molar-refractivity contribution in [3.05, 3.63) is 29.3 Å². The number of nitrogens with one attached hydrogen (secondary N) is 1. The van der Waals surface area contributed by atoms with E-state index in [-0.39, 0.29) is 17.8 Å². The van der Waals surface area contributed by atoms with Gasteiger partial charge in [0.2, 0.25) is 0 Å². The van der Waals surface area contributed by atoms with Gasteiger partial charge in [0.05, 0.1) is 11.8 Å². The van der Waals surface area contributed by atoms with Gasteiger partial charge < -0.3 is 10.4 Å². The minimum atomic E-state index is -0.598. The van der Waals surface area contributed by atoms with Crippen LogP contribution in [0.25, 0.3) is 0 Å². The van der Waals surface area contributed by atoms with Gasteiger partial charge >= 0.3 is 0 Å².